The lowest BCUT2D eigenvalue weighted by atomic mass is 9.96. The molecular formula is C26H30N4O. The zero-order valence-corrected chi connectivity index (χ0v) is 18.4. The highest BCUT2D eigenvalue weighted by Crippen LogP contribution is 2.48. The van der Waals surface area contributed by atoms with Crippen LogP contribution in [0.25, 0.3) is 10.8 Å². The van der Waals surface area contributed by atoms with Gasteiger partial charge in [-0.2, -0.15) is 0 Å². The molecule has 31 heavy (non-hydrogen) atoms. The van der Waals surface area contributed by atoms with E-state index in [9.17, 15) is 4.79 Å². The van der Waals surface area contributed by atoms with Gasteiger partial charge in [-0.1, -0.05) is 42.5 Å². The molecule has 5 heteroatoms. The van der Waals surface area contributed by atoms with Crippen molar-refractivity contribution < 1.29 is 4.79 Å². The minimum Gasteiger partial charge on any atom is -0.369 e. The molecule has 5 nitrogen and oxygen atoms in total. The van der Waals surface area contributed by atoms with Crippen molar-refractivity contribution in [2.45, 2.75) is 31.7 Å². The number of carbonyl (C=O) groups is 1. The maximum atomic E-state index is 13.4. The third-order valence-electron chi connectivity index (χ3n) is 6.81. The molecule has 2 fully saturated rings. The molecule has 1 N–H and O–H groups in total. The van der Waals surface area contributed by atoms with Crippen LogP contribution in [0.4, 0.5) is 5.69 Å². The van der Waals surface area contributed by atoms with Crippen LogP contribution in [-0.4, -0.2) is 49.0 Å². The Hall–Kier alpha value is -2.92. The van der Waals surface area contributed by atoms with Crippen LogP contribution in [0, 0.1) is 6.92 Å². The molecule has 1 aromatic heterocycles. The van der Waals surface area contributed by atoms with E-state index in [4.69, 9.17) is 0 Å². The zero-order valence-electron chi connectivity index (χ0n) is 18.4. The molecule has 160 valence electrons. The Labute approximate surface area is 184 Å². The van der Waals surface area contributed by atoms with E-state index in [-0.39, 0.29) is 11.4 Å². The van der Waals surface area contributed by atoms with Crippen LogP contribution >= 0.6 is 0 Å². The van der Waals surface area contributed by atoms with Crippen molar-refractivity contribution in [3.8, 4) is 0 Å². The number of carbonyl (C=O) groups excluding carboxylic acids is 1. The topological polar surface area (TPSA) is 48.5 Å². The van der Waals surface area contributed by atoms with Crippen molar-refractivity contribution in [2.24, 2.45) is 0 Å². The molecule has 1 amide bonds. The molecule has 2 aromatic carbocycles. The lowest BCUT2D eigenvalue weighted by Crippen LogP contribution is -2.36. The molecule has 0 unspecified atom stereocenters. The standard InChI is InChI=1S/C26H30N4O/c1-19-23(17-21(18-27-19)30-14-6-13-29(2)15-16-30)25(31)28-26(11-12-26)24-10-5-8-20-7-3-4-9-22(20)24/h3-5,7-10,17-18H,6,11-16H2,1-2H3,(H,28,31). The Morgan fingerprint density at radius 2 is 1.84 bits per heavy atom. The second-order valence-electron chi connectivity index (χ2n) is 9.03. The normalized spacial score (nSPS) is 18.6. The number of aryl methyl sites for hydroxylation is 1. The number of fused-ring (bicyclic) bond motifs is 1. The summed E-state index contributed by atoms with van der Waals surface area (Å²) in [6.45, 7) is 6.01. The number of benzene rings is 2. The quantitative estimate of drug-likeness (QED) is 0.698. The molecule has 0 bridgehead atoms. The number of pyridine rings is 1. The van der Waals surface area contributed by atoms with Crippen LogP contribution in [0.1, 0.15) is 40.9 Å². The van der Waals surface area contributed by atoms with E-state index in [0.29, 0.717) is 5.56 Å². The molecule has 1 aliphatic heterocycles. The summed E-state index contributed by atoms with van der Waals surface area (Å²) >= 11 is 0. The number of aromatic nitrogens is 1. The second kappa shape index (κ2) is 7.97. The van der Waals surface area contributed by atoms with Crippen LogP contribution in [0.2, 0.25) is 0 Å². The number of nitrogens with zero attached hydrogens (tertiary/aromatic N) is 3. The van der Waals surface area contributed by atoms with Gasteiger partial charge in [0.1, 0.15) is 0 Å². The van der Waals surface area contributed by atoms with E-state index in [1.165, 1.54) is 16.3 Å². The number of amides is 1. The summed E-state index contributed by atoms with van der Waals surface area (Å²) < 4.78 is 0. The number of likely N-dealkylation sites (N-methyl/N-ethyl adjacent to an activating group) is 1. The van der Waals surface area contributed by atoms with E-state index >= 15 is 0 Å². The minimum atomic E-state index is -0.272. The molecule has 2 heterocycles. The number of hydrogen-bond acceptors (Lipinski definition) is 4. The van der Waals surface area contributed by atoms with Gasteiger partial charge in [-0.25, -0.2) is 0 Å². The van der Waals surface area contributed by atoms with Gasteiger partial charge >= 0.3 is 0 Å². The average molecular weight is 415 g/mol. The minimum absolute atomic E-state index is 0.0239. The summed E-state index contributed by atoms with van der Waals surface area (Å²) in [5.74, 6) is -0.0239. The zero-order chi connectivity index (χ0) is 21.4. The van der Waals surface area contributed by atoms with Gasteiger partial charge in [0.15, 0.2) is 0 Å². The Balaban J connectivity index is 1.41. The maximum Gasteiger partial charge on any atom is 0.253 e. The number of anilines is 1. The first-order valence-corrected chi connectivity index (χ1v) is 11.3. The van der Waals surface area contributed by atoms with Crippen LogP contribution < -0.4 is 10.2 Å². The highest BCUT2D eigenvalue weighted by molar-refractivity contribution is 5.97. The van der Waals surface area contributed by atoms with Crippen molar-refractivity contribution in [1.82, 2.24) is 15.2 Å². The molecule has 1 saturated heterocycles. The second-order valence-corrected chi connectivity index (χ2v) is 9.03. The van der Waals surface area contributed by atoms with Crippen molar-refractivity contribution in [1.29, 1.82) is 0 Å². The Kier molecular flexibility index (Phi) is 5.14. The molecule has 0 atom stereocenters. The molecule has 1 saturated carbocycles. The highest BCUT2D eigenvalue weighted by Gasteiger charge is 2.46. The number of hydrogen-bond donors (Lipinski definition) is 1. The van der Waals surface area contributed by atoms with Crippen LogP contribution in [-0.2, 0) is 5.54 Å². The molecule has 1 aliphatic carbocycles. The van der Waals surface area contributed by atoms with Crippen LogP contribution in [0.3, 0.4) is 0 Å². The molecule has 5 rings (SSSR count). The predicted molar refractivity (Wildman–Crippen MR) is 126 cm³/mol. The van der Waals surface area contributed by atoms with Gasteiger partial charge in [-0.3, -0.25) is 9.78 Å². The summed E-state index contributed by atoms with van der Waals surface area (Å²) in [5, 5.41) is 5.81. The van der Waals surface area contributed by atoms with E-state index in [1.54, 1.807) is 0 Å². The third-order valence-corrected chi connectivity index (χ3v) is 6.81. The van der Waals surface area contributed by atoms with Crippen LogP contribution in [0.15, 0.2) is 54.7 Å². The summed E-state index contributed by atoms with van der Waals surface area (Å²) in [6.07, 6.45) is 4.97. The molecule has 0 spiro atoms. The van der Waals surface area contributed by atoms with Crippen molar-refractivity contribution in [3.63, 3.8) is 0 Å². The monoisotopic (exact) mass is 414 g/mol. The van der Waals surface area contributed by atoms with Crippen LogP contribution in [0.5, 0.6) is 0 Å². The van der Waals surface area contributed by atoms with Gasteiger partial charge in [0.2, 0.25) is 0 Å². The predicted octanol–water partition coefficient (Wildman–Crippen LogP) is 4.10. The van der Waals surface area contributed by atoms with E-state index in [2.05, 4.69) is 69.6 Å². The van der Waals surface area contributed by atoms with Gasteiger partial charge in [-0.15, -0.1) is 0 Å². The van der Waals surface area contributed by atoms with E-state index < -0.39 is 0 Å². The lowest BCUT2D eigenvalue weighted by Gasteiger charge is -2.24. The largest absolute Gasteiger partial charge is 0.369 e. The third kappa shape index (κ3) is 3.90. The Morgan fingerprint density at radius 1 is 1.03 bits per heavy atom. The summed E-state index contributed by atoms with van der Waals surface area (Å²) in [4.78, 5) is 22.7. The first kappa shape index (κ1) is 20.0. The van der Waals surface area contributed by atoms with Gasteiger partial charge in [0.25, 0.3) is 5.91 Å². The average Bonchev–Trinajstić information content (AvgIpc) is 3.59. The highest BCUT2D eigenvalue weighted by atomic mass is 16.1. The SMILES string of the molecule is Cc1ncc(N2CCCN(C)CC2)cc1C(=O)NC1(c2cccc3ccccc23)CC1. The lowest BCUT2D eigenvalue weighted by molar-refractivity contribution is 0.0930. The van der Waals surface area contributed by atoms with Gasteiger partial charge in [-0.05, 0) is 62.2 Å². The Bertz CT molecular complexity index is 1120. The van der Waals surface area contributed by atoms with Crippen molar-refractivity contribution in [3.05, 3.63) is 71.5 Å². The fourth-order valence-electron chi connectivity index (χ4n) is 4.74. The van der Waals surface area contributed by atoms with E-state index in [0.717, 1.165) is 56.8 Å². The van der Waals surface area contributed by atoms with Gasteiger partial charge < -0.3 is 15.1 Å². The van der Waals surface area contributed by atoms with Gasteiger partial charge in [0.05, 0.1) is 28.7 Å². The maximum absolute atomic E-state index is 13.4. The van der Waals surface area contributed by atoms with Crippen molar-refractivity contribution >= 4 is 22.4 Å². The number of rotatable bonds is 4. The molecule has 3 aromatic rings. The fourth-order valence-corrected chi connectivity index (χ4v) is 4.74. The summed E-state index contributed by atoms with van der Waals surface area (Å²) in [7, 11) is 2.16. The summed E-state index contributed by atoms with van der Waals surface area (Å²) in [6, 6.07) is 16.8. The first-order chi connectivity index (χ1) is 15.1. The van der Waals surface area contributed by atoms with E-state index in [1.807, 2.05) is 19.2 Å². The molecule has 0 radical (unpaired) electrons. The fraction of sp³-hybridized carbons (Fsp3) is 0.385. The Morgan fingerprint density at radius 3 is 2.68 bits per heavy atom. The summed E-state index contributed by atoms with van der Waals surface area (Å²) in [5.41, 5.74) is 3.45. The van der Waals surface area contributed by atoms with Crippen molar-refractivity contribution in [2.75, 3.05) is 38.1 Å². The smallest absolute Gasteiger partial charge is 0.253 e. The first-order valence-electron chi connectivity index (χ1n) is 11.3. The molecular weight excluding hydrogens is 384 g/mol. The molecule has 2 aliphatic rings. The van der Waals surface area contributed by atoms with Gasteiger partial charge in [0, 0.05) is 19.6 Å². The number of nitrogens with one attached hydrogen (secondary N) is 1.